The molecule has 2 bridgehead atoms. The van der Waals surface area contributed by atoms with Crippen LogP contribution in [0, 0.1) is 0 Å². The van der Waals surface area contributed by atoms with Crippen LogP contribution in [0.15, 0.2) is 59.6 Å². The molecule has 5 rings (SSSR count). The van der Waals surface area contributed by atoms with E-state index in [2.05, 4.69) is 62.9 Å². The molecule has 2 aliphatic rings. The monoisotopic (exact) mass is 567 g/mol. The highest BCUT2D eigenvalue weighted by molar-refractivity contribution is 7.89. The van der Waals surface area contributed by atoms with E-state index in [4.69, 9.17) is 0 Å². The van der Waals surface area contributed by atoms with Gasteiger partial charge in [-0.05, 0) is 70.7 Å². The first-order valence-electron chi connectivity index (χ1n) is 14.1. The van der Waals surface area contributed by atoms with E-state index < -0.39 is 18.3 Å². The predicted molar refractivity (Wildman–Crippen MR) is 160 cm³/mol. The molecule has 3 heterocycles. The molecule has 2 fully saturated rings. The van der Waals surface area contributed by atoms with Crippen molar-refractivity contribution in [3.8, 4) is 5.75 Å². The maximum Gasteiger partial charge on any atom is 0.243 e. The van der Waals surface area contributed by atoms with Gasteiger partial charge in [0.25, 0.3) is 0 Å². The topological polar surface area (TPSA) is 82.9 Å². The number of phenols is 1. The molecule has 3 aromatic rings. The van der Waals surface area contributed by atoms with Gasteiger partial charge in [-0.2, -0.15) is 4.31 Å². The highest BCUT2D eigenvalue weighted by atomic mass is 32.2. The molecule has 1 N–H and O–H groups in total. The van der Waals surface area contributed by atoms with Crippen molar-refractivity contribution >= 4 is 40.6 Å². The molecule has 2 aliphatic heterocycles. The lowest BCUT2D eigenvalue weighted by molar-refractivity contribution is -0.121. The Kier molecular flexibility index (Phi) is 7.22. The number of rotatable bonds is 7. The Labute approximate surface area is 233 Å². The van der Waals surface area contributed by atoms with Crippen LogP contribution in [0.1, 0.15) is 54.4 Å². The van der Waals surface area contributed by atoms with Gasteiger partial charge in [0.2, 0.25) is 10.0 Å². The zero-order chi connectivity index (χ0) is 28.3. The summed E-state index contributed by atoms with van der Waals surface area (Å²) in [6.45, 7) is 14.4. The van der Waals surface area contributed by atoms with Crippen LogP contribution in [0.25, 0.3) is 10.9 Å². The predicted octanol–water partition coefficient (Wildman–Crippen LogP) is 5.98. The number of phenolic OH excluding ortho intramolecular Hbond substituents is 1. The second-order valence-corrected chi connectivity index (χ2v) is 19.9. The van der Waals surface area contributed by atoms with E-state index in [9.17, 15) is 18.3 Å². The Morgan fingerprint density at radius 3 is 1.95 bits per heavy atom. The fourth-order valence-electron chi connectivity index (χ4n) is 7.79. The molecule has 0 spiro atoms. The molecule has 2 saturated heterocycles. The van der Waals surface area contributed by atoms with Crippen molar-refractivity contribution in [1.29, 1.82) is 0 Å². The van der Waals surface area contributed by atoms with Crippen molar-refractivity contribution in [3.05, 3.63) is 54.7 Å². The van der Waals surface area contributed by atoms with Crippen molar-refractivity contribution in [3.63, 3.8) is 0 Å². The molecule has 0 aliphatic carbocycles. The number of piperazine rings is 1. The van der Waals surface area contributed by atoms with Gasteiger partial charge in [0, 0.05) is 37.1 Å². The van der Waals surface area contributed by atoms with Crippen molar-refractivity contribution < 1.29 is 18.3 Å². The number of ketones is 1. The minimum absolute atomic E-state index is 0.175. The summed E-state index contributed by atoms with van der Waals surface area (Å²) in [6, 6.07) is 14.1. The number of nitrogens with zero attached hydrogens (tertiary/aromatic N) is 3. The van der Waals surface area contributed by atoms with Crippen LogP contribution in [0.5, 0.6) is 5.75 Å². The number of carbonyl (C=O) groups is 1. The second kappa shape index (κ2) is 10.1. The molecule has 0 amide bonds. The number of aromatic nitrogens is 1. The van der Waals surface area contributed by atoms with E-state index in [-0.39, 0.29) is 36.7 Å². The Morgan fingerprint density at radius 2 is 1.41 bits per heavy atom. The zero-order valence-electron chi connectivity index (χ0n) is 23.8. The molecule has 2 unspecified atom stereocenters. The van der Waals surface area contributed by atoms with Gasteiger partial charge in [0.05, 0.1) is 17.0 Å². The highest BCUT2D eigenvalue weighted by Crippen LogP contribution is 2.44. The van der Waals surface area contributed by atoms with E-state index >= 15 is 0 Å². The summed E-state index contributed by atoms with van der Waals surface area (Å²) < 4.78 is 32.3. The fraction of sp³-hybridized carbons (Fsp3) is 0.500. The number of benzene rings is 2. The third-order valence-corrected chi connectivity index (χ3v) is 17.8. The van der Waals surface area contributed by atoms with E-state index in [1.54, 1.807) is 22.5 Å². The number of aromatic hydroxyl groups is 1. The lowest BCUT2D eigenvalue weighted by Gasteiger charge is -2.50. The number of Topliss-reactive ketones (excluding diaryl/α,β-unsaturated/α-hetero) is 1. The summed E-state index contributed by atoms with van der Waals surface area (Å²) in [5.74, 6) is 0.356. The number of carbonyl (C=O) groups excluding carboxylic acids is 1. The first-order valence-corrected chi connectivity index (χ1v) is 17.7. The van der Waals surface area contributed by atoms with Crippen LogP contribution in [-0.2, 0) is 14.8 Å². The highest BCUT2D eigenvalue weighted by Gasteiger charge is 2.47. The molecule has 1 aromatic heterocycles. The van der Waals surface area contributed by atoms with Gasteiger partial charge in [0.1, 0.15) is 11.5 Å². The molecule has 2 atom stereocenters. The summed E-state index contributed by atoms with van der Waals surface area (Å²) in [6.07, 6.45) is 2.81. The molecule has 9 heteroatoms. The van der Waals surface area contributed by atoms with Gasteiger partial charge in [-0.1, -0.05) is 47.6 Å². The Morgan fingerprint density at radius 1 is 0.846 bits per heavy atom. The normalized spacial score (nSPS) is 21.1. The van der Waals surface area contributed by atoms with Crippen molar-refractivity contribution in [1.82, 2.24) is 8.54 Å². The summed E-state index contributed by atoms with van der Waals surface area (Å²) in [4.78, 5) is 15.0. The quantitative estimate of drug-likeness (QED) is 0.355. The first-order chi connectivity index (χ1) is 18.4. The van der Waals surface area contributed by atoms with Crippen LogP contribution >= 0.6 is 0 Å². The van der Waals surface area contributed by atoms with Crippen LogP contribution in [0.4, 0.5) is 5.69 Å². The molecule has 210 valence electrons. The van der Waals surface area contributed by atoms with Gasteiger partial charge >= 0.3 is 0 Å². The average Bonchev–Trinajstić information content (AvgIpc) is 3.27. The first kappa shape index (κ1) is 27.9. The fourth-order valence-corrected chi connectivity index (χ4v) is 15.9. The molecule has 7 nitrogen and oxygen atoms in total. The van der Waals surface area contributed by atoms with Crippen LogP contribution in [0.2, 0.25) is 16.6 Å². The largest absolute Gasteiger partial charge is 0.508 e. The number of fused-ring (bicyclic) bond motifs is 3. The van der Waals surface area contributed by atoms with Gasteiger partial charge < -0.3 is 14.2 Å². The number of piperidine rings is 1. The summed E-state index contributed by atoms with van der Waals surface area (Å²) in [7, 11) is -5.84. The van der Waals surface area contributed by atoms with Crippen molar-refractivity contribution in [2.75, 3.05) is 18.0 Å². The van der Waals surface area contributed by atoms with Gasteiger partial charge in [-0.15, -0.1) is 0 Å². The van der Waals surface area contributed by atoms with Gasteiger partial charge in [-0.25, -0.2) is 8.42 Å². The van der Waals surface area contributed by atoms with E-state index in [1.165, 1.54) is 0 Å². The second-order valence-electron chi connectivity index (χ2n) is 12.3. The third-order valence-electron chi connectivity index (χ3n) is 9.18. The lowest BCUT2D eigenvalue weighted by Crippen LogP contribution is -2.63. The van der Waals surface area contributed by atoms with Crippen LogP contribution in [-0.4, -0.2) is 61.3 Å². The van der Waals surface area contributed by atoms with Gasteiger partial charge in [0.15, 0.2) is 8.24 Å². The lowest BCUT2D eigenvalue weighted by atomic mass is 9.90. The van der Waals surface area contributed by atoms with Crippen LogP contribution < -0.4 is 4.90 Å². The van der Waals surface area contributed by atoms with Crippen molar-refractivity contribution in [2.24, 2.45) is 0 Å². The number of hydrogen-bond acceptors (Lipinski definition) is 5. The third kappa shape index (κ3) is 4.52. The molecular formula is C30H41N3O4SSi. The zero-order valence-corrected chi connectivity index (χ0v) is 25.6. The molecule has 0 radical (unpaired) electrons. The van der Waals surface area contributed by atoms with E-state index in [1.807, 2.05) is 24.3 Å². The minimum Gasteiger partial charge on any atom is -0.508 e. The smallest absolute Gasteiger partial charge is 0.243 e. The maximum absolute atomic E-state index is 14.1. The molecule has 0 saturated carbocycles. The Hall–Kier alpha value is -2.62. The van der Waals surface area contributed by atoms with Crippen LogP contribution in [0.3, 0.4) is 0 Å². The number of hydrogen-bond donors (Lipinski definition) is 1. The summed E-state index contributed by atoms with van der Waals surface area (Å²) in [5, 5.41) is 10.8. The minimum atomic E-state index is -3.77. The SMILES string of the molecule is CC(C)[Si](C(C)C)(C(C)C)n1ccc2ccc(S(=O)(=O)N3CC4CC(=O)CC(C3)N4c3ccc(O)cc3)cc21. The van der Waals surface area contributed by atoms with Crippen molar-refractivity contribution in [2.45, 2.75) is 88.0 Å². The molecule has 2 aromatic carbocycles. The Balaban J connectivity index is 1.53. The standard InChI is InChI=1S/C30H41N3O4SSi/c1-20(2)39(21(3)4,22(5)6)32-14-13-23-7-12-29(17-30(23)32)38(36,37)31-18-25-15-28(35)16-26(19-31)33(25)24-8-10-27(34)11-9-24/h7-14,17,20-22,25-26,34H,15-16,18-19H2,1-6H3. The van der Waals surface area contributed by atoms with E-state index in [0.717, 1.165) is 16.6 Å². The molecule has 39 heavy (non-hydrogen) atoms. The summed E-state index contributed by atoms with van der Waals surface area (Å²) in [5.41, 5.74) is 3.36. The average molecular weight is 568 g/mol. The number of sulfonamides is 1. The summed E-state index contributed by atoms with van der Waals surface area (Å²) >= 11 is 0. The Bertz CT molecular complexity index is 1440. The van der Waals surface area contributed by atoms with Gasteiger partial charge in [-0.3, -0.25) is 4.79 Å². The number of anilines is 1. The maximum atomic E-state index is 14.1. The van der Waals surface area contributed by atoms with E-state index in [0.29, 0.717) is 34.4 Å². The molecular weight excluding hydrogens is 527 g/mol.